The molecule has 0 heterocycles. The van der Waals surface area contributed by atoms with E-state index in [0.29, 0.717) is 0 Å². The van der Waals surface area contributed by atoms with Crippen molar-refractivity contribution in [2.45, 2.75) is 31.0 Å². The summed E-state index contributed by atoms with van der Waals surface area (Å²) >= 11 is 0. The molecule has 2 N–H and O–H groups in total. The molecular formula is C5H6F7N. The van der Waals surface area contributed by atoms with E-state index >= 15 is 0 Å². The Hall–Kier alpha value is -0.530. The summed E-state index contributed by atoms with van der Waals surface area (Å²) in [6.07, 6.45) is -11.3. The Kier molecular flexibility index (Phi) is 3.54. The summed E-state index contributed by atoms with van der Waals surface area (Å²) in [5, 5.41) is 0. The Morgan fingerprint density at radius 2 is 1.38 bits per heavy atom. The molecule has 1 nitrogen and oxygen atoms in total. The second-order valence-electron chi connectivity index (χ2n) is 2.41. The standard InChI is InChI=1S/C5H6F7N/c6-3(7)4(8,9)1-2(13)5(10,11)12/h2-3H,1,13H2. The highest BCUT2D eigenvalue weighted by Gasteiger charge is 2.48. The van der Waals surface area contributed by atoms with Gasteiger partial charge >= 0.3 is 18.5 Å². The van der Waals surface area contributed by atoms with E-state index in [4.69, 9.17) is 0 Å². The van der Waals surface area contributed by atoms with Gasteiger partial charge in [0.25, 0.3) is 0 Å². The summed E-state index contributed by atoms with van der Waals surface area (Å²) in [6.45, 7) is 0. The van der Waals surface area contributed by atoms with Crippen LogP contribution in [0.4, 0.5) is 30.7 Å². The zero-order valence-corrected chi connectivity index (χ0v) is 6.08. The molecular weight excluding hydrogens is 207 g/mol. The second-order valence-corrected chi connectivity index (χ2v) is 2.41. The fraction of sp³-hybridized carbons (Fsp3) is 1.00. The molecule has 0 rings (SSSR count). The minimum Gasteiger partial charge on any atom is -0.320 e. The van der Waals surface area contributed by atoms with E-state index in [-0.39, 0.29) is 0 Å². The lowest BCUT2D eigenvalue weighted by molar-refractivity contribution is -0.188. The molecule has 0 aliphatic rings. The number of nitrogens with two attached hydrogens (primary N) is 1. The molecule has 1 unspecified atom stereocenters. The number of rotatable bonds is 3. The summed E-state index contributed by atoms with van der Waals surface area (Å²) in [5.41, 5.74) is 4.24. The van der Waals surface area contributed by atoms with E-state index in [0.717, 1.165) is 0 Å². The third-order valence-corrected chi connectivity index (χ3v) is 1.23. The third kappa shape index (κ3) is 3.79. The summed E-state index contributed by atoms with van der Waals surface area (Å²) in [4.78, 5) is 0. The zero-order valence-electron chi connectivity index (χ0n) is 6.08. The number of alkyl halides is 7. The van der Waals surface area contributed by atoms with E-state index in [1.165, 1.54) is 0 Å². The van der Waals surface area contributed by atoms with Gasteiger partial charge in [-0.2, -0.15) is 13.2 Å². The Labute approximate surface area is 68.7 Å². The van der Waals surface area contributed by atoms with Gasteiger partial charge in [-0.3, -0.25) is 0 Å². The van der Waals surface area contributed by atoms with Crippen molar-refractivity contribution in [2.24, 2.45) is 5.73 Å². The molecule has 0 aliphatic carbocycles. The molecule has 0 spiro atoms. The van der Waals surface area contributed by atoms with E-state index in [1.54, 1.807) is 0 Å². The zero-order chi connectivity index (χ0) is 10.9. The maximum Gasteiger partial charge on any atom is 0.403 e. The third-order valence-electron chi connectivity index (χ3n) is 1.23. The first kappa shape index (κ1) is 12.5. The van der Waals surface area contributed by atoms with Crippen LogP contribution >= 0.6 is 0 Å². The van der Waals surface area contributed by atoms with Crippen molar-refractivity contribution < 1.29 is 30.7 Å². The molecule has 0 aromatic heterocycles. The molecule has 0 aliphatic heterocycles. The molecule has 0 aromatic carbocycles. The first-order valence-corrected chi connectivity index (χ1v) is 3.05. The molecule has 0 bridgehead atoms. The number of hydrogen-bond donors (Lipinski definition) is 1. The van der Waals surface area contributed by atoms with E-state index in [9.17, 15) is 30.7 Å². The normalized spacial score (nSPS) is 16.4. The monoisotopic (exact) mass is 213 g/mol. The van der Waals surface area contributed by atoms with Crippen LogP contribution in [0.3, 0.4) is 0 Å². The largest absolute Gasteiger partial charge is 0.403 e. The second kappa shape index (κ2) is 3.69. The van der Waals surface area contributed by atoms with Crippen LogP contribution < -0.4 is 5.73 Å². The lowest BCUT2D eigenvalue weighted by Gasteiger charge is -2.21. The van der Waals surface area contributed by atoms with Gasteiger partial charge in [0.2, 0.25) is 0 Å². The average molecular weight is 213 g/mol. The van der Waals surface area contributed by atoms with Crippen molar-refractivity contribution in [3.8, 4) is 0 Å². The van der Waals surface area contributed by atoms with Crippen LogP contribution in [0.5, 0.6) is 0 Å². The van der Waals surface area contributed by atoms with E-state index in [2.05, 4.69) is 5.73 Å². The molecule has 0 amide bonds. The summed E-state index contributed by atoms with van der Waals surface area (Å²) in [6, 6.07) is -2.93. The molecule has 13 heavy (non-hydrogen) atoms. The highest BCUT2D eigenvalue weighted by Crippen LogP contribution is 2.32. The fourth-order valence-electron chi connectivity index (χ4n) is 0.498. The first-order valence-electron chi connectivity index (χ1n) is 3.05. The summed E-state index contributed by atoms with van der Waals surface area (Å²) < 4.78 is 81.4. The molecule has 0 saturated carbocycles. The number of halogens is 7. The summed E-state index contributed by atoms with van der Waals surface area (Å²) in [7, 11) is 0. The molecule has 0 saturated heterocycles. The van der Waals surface area contributed by atoms with Crippen molar-refractivity contribution >= 4 is 0 Å². The van der Waals surface area contributed by atoms with Crippen molar-refractivity contribution in [3.63, 3.8) is 0 Å². The SMILES string of the molecule is NC(CC(F)(F)C(F)F)C(F)(F)F. The summed E-state index contributed by atoms with van der Waals surface area (Å²) in [5.74, 6) is -4.70. The van der Waals surface area contributed by atoms with Crippen molar-refractivity contribution in [1.82, 2.24) is 0 Å². The highest BCUT2D eigenvalue weighted by atomic mass is 19.4. The van der Waals surface area contributed by atoms with Crippen molar-refractivity contribution in [1.29, 1.82) is 0 Å². The van der Waals surface area contributed by atoms with Gasteiger partial charge in [0, 0.05) is 6.42 Å². The van der Waals surface area contributed by atoms with Crippen LogP contribution in [-0.4, -0.2) is 24.6 Å². The molecule has 0 fully saturated rings. The lowest BCUT2D eigenvalue weighted by Crippen LogP contribution is -2.44. The molecule has 80 valence electrons. The van der Waals surface area contributed by atoms with E-state index in [1.807, 2.05) is 0 Å². The van der Waals surface area contributed by atoms with E-state index < -0.39 is 31.0 Å². The Morgan fingerprint density at radius 1 is 1.00 bits per heavy atom. The fourth-order valence-corrected chi connectivity index (χ4v) is 0.498. The van der Waals surface area contributed by atoms with Gasteiger partial charge in [-0.1, -0.05) is 0 Å². The molecule has 1 atom stereocenters. The Morgan fingerprint density at radius 3 is 1.62 bits per heavy atom. The number of hydrogen-bond acceptors (Lipinski definition) is 1. The van der Waals surface area contributed by atoms with Gasteiger partial charge in [-0.05, 0) is 0 Å². The van der Waals surface area contributed by atoms with Crippen LogP contribution in [0, 0.1) is 0 Å². The quantitative estimate of drug-likeness (QED) is 0.714. The molecule has 0 radical (unpaired) electrons. The average Bonchev–Trinajstić information content (AvgIpc) is 1.83. The van der Waals surface area contributed by atoms with Crippen LogP contribution in [-0.2, 0) is 0 Å². The minimum atomic E-state index is -5.08. The van der Waals surface area contributed by atoms with Crippen LogP contribution in [0.25, 0.3) is 0 Å². The maximum atomic E-state index is 12.0. The van der Waals surface area contributed by atoms with Gasteiger partial charge in [0.05, 0.1) is 0 Å². The van der Waals surface area contributed by atoms with Crippen molar-refractivity contribution in [2.75, 3.05) is 0 Å². The van der Waals surface area contributed by atoms with Crippen LogP contribution in [0.1, 0.15) is 6.42 Å². The smallest absolute Gasteiger partial charge is 0.320 e. The first-order chi connectivity index (χ1) is 5.57. The van der Waals surface area contributed by atoms with Gasteiger partial charge in [0.15, 0.2) is 0 Å². The molecule has 8 heteroatoms. The van der Waals surface area contributed by atoms with Crippen molar-refractivity contribution in [3.05, 3.63) is 0 Å². The predicted octanol–water partition coefficient (Wildman–Crippen LogP) is 2.17. The topological polar surface area (TPSA) is 26.0 Å². The molecule has 0 aromatic rings. The predicted molar refractivity (Wildman–Crippen MR) is 29.6 cm³/mol. The van der Waals surface area contributed by atoms with Crippen LogP contribution in [0.15, 0.2) is 0 Å². The van der Waals surface area contributed by atoms with Gasteiger partial charge < -0.3 is 5.73 Å². The maximum absolute atomic E-state index is 12.0. The highest BCUT2D eigenvalue weighted by molar-refractivity contribution is 4.80. The lowest BCUT2D eigenvalue weighted by atomic mass is 10.1. The minimum absolute atomic E-state index is 2.10. The van der Waals surface area contributed by atoms with Gasteiger partial charge in [-0.15, -0.1) is 0 Å². The van der Waals surface area contributed by atoms with Gasteiger partial charge in [0.1, 0.15) is 6.04 Å². The van der Waals surface area contributed by atoms with Crippen LogP contribution in [0.2, 0.25) is 0 Å². The Bertz CT molecular complexity index is 163. The van der Waals surface area contributed by atoms with Gasteiger partial charge in [-0.25, -0.2) is 17.6 Å². The Balaban J connectivity index is 4.28.